The summed E-state index contributed by atoms with van der Waals surface area (Å²) in [5, 5.41) is 6.89. The molecule has 1 aromatic carbocycles. The van der Waals surface area contributed by atoms with Gasteiger partial charge >= 0.3 is 6.09 Å². The van der Waals surface area contributed by atoms with Crippen LogP contribution in [-0.4, -0.2) is 51.3 Å². The molecule has 1 N–H and O–H groups in total. The minimum Gasteiger partial charge on any atom is -0.444 e. The first-order valence-electron chi connectivity index (χ1n) is 9.76. The number of carbonyl (C=O) groups is 2. The molecule has 0 unspecified atom stereocenters. The number of carbonyl (C=O) groups excluding carboxylic acids is 2. The van der Waals surface area contributed by atoms with Crippen LogP contribution < -0.4 is 5.32 Å². The fourth-order valence-corrected chi connectivity index (χ4v) is 3.16. The van der Waals surface area contributed by atoms with Crippen molar-refractivity contribution < 1.29 is 18.8 Å². The summed E-state index contributed by atoms with van der Waals surface area (Å²) in [6.45, 7) is 10.4. The highest BCUT2D eigenvalue weighted by molar-refractivity contribution is 5.95. The van der Waals surface area contributed by atoms with E-state index < -0.39 is 5.60 Å². The molecule has 1 aliphatic rings. The number of amides is 2. The van der Waals surface area contributed by atoms with Gasteiger partial charge in [-0.15, -0.1) is 0 Å². The summed E-state index contributed by atoms with van der Waals surface area (Å²) in [4.78, 5) is 30.8. The van der Waals surface area contributed by atoms with E-state index in [0.717, 1.165) is 5.56 Å². The summed E-state index contributed by atoms with van der Waals surface area (Å²) in [6, 6.07) is 7.05. The predicted octanol–water partition coefficient (Wildman–Crippen LogP) is 3.56. The number of aryl methyl sites for hydroxylation is 1. The molecule has 0 atom stereocenters. The predicted molar refractivity (Wildman–Crippen MR) is 107 cm³/mol. The Hall–Kier alpha value is -2.90. The quantitative estimate of drug-likeness (QED) is 0.846. The average molecular weight is 400 g/mol. The topological polar surface area (TPSA) is 97.6 Å². The molecule has 0 spiro atoms. The van der Waals surface area contributed by atoms with E-state index in [2.05, 4.69) is 15.5 Å². The van der Waals surface area contributed by atoms with Crippen molar-refractivity contribution in [1.82, 2.24) is 20.4 Å². The molecule has 1 fully saturated rings. The van der Waals surface area contributed by atoms with Gasteiger partial charge in [-0.3, -0.25) is 4.79 Å². The molecule has 29 heavy (non-hydrogen) atoms. The highest BCUT2D eigenvalue weighted by Crippen LogP contribution is 2.24. The molecular formula is C21H28N4O4. The Labute approximate surface area is 170 Å². The second-order valence-corrected chi connectivity index (χ2v) is 8.71. The monoisotopic (exact) mass is 400 g/mol. The van der Waals surface area contributed by atoms with Gasteiger partial charge < -0.3 is 19.5 Å². The Morgan fingerprint density at radius 3 is 2.31 bits per heavy atom. The van der Waals surface area contributed by atoms with Crippen LogP contribution in [0.5, 0.6) is 0 Å². The van der Waals surface area contributed by atoms with Crippen LogP contribution in [0.15, 0.2) is 28.8 Å². The summed E-state index contributed by atoms with van der Waals surface area (Å²) < 4.78 is 10.6. The Morgan fingerprint density at radius 2 is 1.79 bits per heavy atom. The van der Waals surface area contributed by atoms with Gasteiger partial charge in [0.1, 0.15) is 5.60 Å². The Kier molecular flexibility index (Phi) is 5.64. The first-order chi connectivity index (χ1) is 13.5. The van der Waals surface area contributed by atoms with Gasteiger partial charge in [0.15, 0.2) is 5.82 Å². The van der Waals surface area contributed by atoms with Crippen molar-refractivity contribution in [1.29, 1.82) is 0 Å². The van der Waals surface area contributed by atoms with Gasteiger partial charge in [-0.05, 0) is 71.7 Å². The molecule has 1 aliphatic heterocycles. The molecule has 2 aromatic rings. The standard InChI is InChI=1S/C21H28N4O4/c1-14-22-18(29-24-14)16-8-6-15(7-9-16)17(26)23-21(5)10-12-25(13-11-21)19(27)28-20(2,3)4/h6-9H,10-13H2,1-5H3,(H,23,26). The van der Waals surface area contributed by atoms with Crippen LogP contribution in [0.1, 0.15) is 56.7 Å². The zero-order chi connectivity index (χ0) is 21.2. The molecule has 0 aliphatic carbocycles. The third kappa shape index (κ3) is 5.34. The van der Waals surface area contributed by atoms with Crippen molar-refractivity contribution in [2.24, 2.45) is 0 Å². The van der Waals surface area contributed by atoms with Gasteiger partial charge in [-0.1, -0.05) is 5.16 Å². The van der Waals surface area contributed by atoms with Crippen molar-refractivity contribution in [3.05, 3.63) is 35.7 Å². The zero-order valence-electron chi connectivity index (χ0n) is 17.6. The molecule has 8 nitrogen and oxygen atoms in total. The fraction of sp³-hybridized carbons (Fsp3) is 0.524. The highest BCUT2D eigenvalue weighted by Gasteiger charge is 2.34. The number of ether oxygens (including phenoxy) is 1. The summed E-state index contributed by atoms with van der Waals surface area (Å²) in [5.41, 5.74) is 0.426. The Morgan fingerprint density at radius 1 is 1.17 bits per heavy atom. The highest BCUT2D eigenvalue weighted by atomic mass is 16.6. The molecular weight excluding hydrogens is 372 g/mol. The van der Waals surface area contributed by atoms with Gasteiger partial charge in [-0.25, -0.2) is 4.79 Å². The van der Waals surface area contributed by atoms with Gasteiger partial charge in [0.05, 0.1) is 0 Å². The van der Waals surface area contributed by atoms with Gasteiger partial charge in [0.25, 0.3) is 11.8 Å². The molecule has 1 saturated heterocycles. The largest absolute Gasteiger partial charge is 0.444 e. The van der Waals surface area contributed by atoms with Crippen molar-refractivity contribution in [2.45, 2.75) is 58.6 Å². The van der Waals surface area contributed by atoms with E-state index in [1.165, 1.54) is 0 Å². The second-order valence-electron chi connectivity index (χ2n) is 8.71. The maximum absolute atomic E-state index is 12.7. The molecule has 0 radical (unpaired) electrons. The van der Waals surface area contributed by atoms with Crippen LogP contribution in [0.25, 0.3) is 11.5 Å². The van der Waals surface area contributed by atoms with Crippen LogP contribution >= 0.6 is 0 Å². The minimum absolute atomic E-state index is 0.147. The SMILES string of the molecule is Cc1noc(-c2ccc(C(=O)NC3(C)CCN(C(=O)OC(C)(C)C)CC3)cc2)n1. The van der Waals surface area contributed by atoms with E-state index in [4.69, 9.17) is 9.26 Å². The van der Waals surface area contributed by atoms with E-state index in [-0.39, 0.29) is 17.5 Å². The molecule has 0 saturated carbocycles. The first kappa shape index (κ1) is 20.8. The lowest BCUT2D eigenvalue weighted by molar-refractivity contribution is 0.0160. The van der Waals surface area contributed by atoms with Crippen LogP contribution in [-0.2, 0) is 4.74 Å². The van der Waals surface area contributed by atoms with Gasteiger partial charge in [-0.2, -0.15) is 4.98 Å². The average Bonchev–Trinajstić information content (AvgIpc) is 3.07. The van der Waals surface area contributed by atoms with Crippen LogP contribution in [0.2, 0.25) is 0 Å². The molecule has 2 amide bonds. The van der Waals surface area contributed by atoms with Crippen LogP contribution in [0.3, 0.4) is 0 Å². The van der Waals surface area contributed by atoms with Crippen molar-refractivity contribution in [3.63, 3.8) is 0 Å². The minimum atomic E-state index is -0.516. The lowest BCUT2D eigenvalue weighted by Crippen LogP contribution is -2.54. The number of nitrogens with one attached hydrogen (secondary N) is 1. The van der Waals surface area contributed by atoms with E-state index in [1.54, 1.807) is 36.1 Å². The van der Waals surface area contributed by atoms with Gasteiger partial charge in [0.2, 0.25) is 0 Å². The normalized spacial score (nSPS) is 16.4. The number of piperidine rings is 1. The number of hydrogen-bond acceptors (Lipinski definition) is 6. The molecule has 8 heteroatoms. The van der Waals surface area contributed by atoms with E-state index in [1.807, 2.05) is 27.7 Å². The summed E-state index contributed by atoms with van der Waals surface area (Å²) >= 11 is 0. The maximum Gasteiger partial charge on any atom is 0.410 e. The summed E-state index contributed by atoms with van der Waals surface area (Å²) in [7, 11) is 0. The van der Waals surface area contributed by atoms with Crippen molar-refractivity contribution in [2.75, 3.05) is 13.1 Å². The number of hydrogen-bond donors (Lipinski definition) is 1. The third-order valence-electron chi connectivity index (χ3n) is 4.86. The second kappa shape index (κ2) is 7.85. The number of benzene rings is 1. The lowest BCUT2D eigenvalue weighted by Gasteiger charge is -2.40. The Bertz CT molecular complexity index is 875. The molecule has 0 bridgehead atoms. The number of nitrogens with zero attached hydrogens (tertiary/aromatic N) is 3. The molecule has 1 aromatic heterocycles. The van der Waals surface area contributed by atoms with Crippen LogP contribution in [0, 0.1) is 6.92 Å². The number of rotatable bonds is 3. The smallest absolute Gasteiger partial charge is 0.410 e. The zero-order valence-corrected chi connectivity index (χ0v) is 17.6. The van der Waals surface area contributed by atoms with Crippen molar-refractivity contribution >= 4 is 12.0 Å². The van der Waals surface area contributed by atoms with Gasteiger partial charge in [0, 0.05) is 29.8 Å². The van der Waals surface area contributed by atoms with Crippen LogP contribution in [0.4, 0.5) is 4.79 Å². The molecule has 3 rings (SSSR count). The third-order valence-corrected chi connectivity index (χ3v) is 4.86. The lowest BCUT2D eigenvalue weighted by atomic mass is 9.89. The molecule has 2 heterocycles. The van der Waals surface area contributed by atoms with Crippen molar-refractivity contribution in [3.8, 4) is 11.5 Å². The van der Waals surface area contributed by atoms with E-state index >= 15 is 0 Å². The maximum atomic E-state index is 12.7. The van der Waals surface area contributed by atoms with E-state index in [0.29, 0.717) is 43.2 Å². The summed E-state index contributed by atoms with van der Waals surface area (Å²) in [5.74, 6) is 0.842. The number of likely N-dealkylation sites (tertiary alicyclic amines) is 1. The number of aromatic nitrogens is 2. The first-order valence-corrected chi connectivity index (χ1v) is 9.76. The Balaban J connectivity index is 1.57. The molecule has 156 valence electrons. The van der Waals surface area contributed by atoms with E-state index in [9.17, 15) is 9.59 Å². The summed E-state index contributed by atoms with van der Waals surface area (Å²) in [6.07, 6.45) is 1.02. The fourth-order valence-electron chi connectivity index (χ4n) is 3.16.